The number of primary sulfonamides is 1. The van der Waals surface area contributed by atoms with Crippen molar-refractivity contribution >= 4 is 43.9 Å². The van der Waals surface area contributed by atoms with Crippen LogP contribution < -0.4 is 10.5 Å². The maximum Gasteiger partial charge on any atom is 0.256 e. The summed E-state index contributed by atoms with van der Waals surface area (Å²) in [5, 5.41) is 19.0. The highest BCUT2D eigenvalue weighted by molar-refractivity contribution is 7.89. The molecule has 5 rings (SSSR count). The zero-order valence-corrected chi connectivity index (χ0v) is 22.8. The molecular formula is C30H22N4O4S2. The van der Waals surface area contributed by atoms with E-state index in [-0.39, 0.29) is 16.4 Å². The number of amides is 1. The highest BCUT2D eigenvalue weighted by Gasteiger charge is 2.19. The second kappa shape index (κ2) is 11.1. The van der Waals surface area contributed by atoms with Crippen molar-refractivity contribution in [1.29, 1.82) is 5.26 Å². The van der Waals surface area contributed by atoms with E-state index in [1.807, 2.05) is 49.4 Å². The van der Waals surface area contributed by atoms with Gasteiger partial charge in [0, 0.05) is 22.8 Å². The monoisotopic (exact) mass is 566 g/mol. The van der Waals surface area contributed by atoms with Crippen molar-refractivity contribution in [2.45, 2.75) is 11.8 Å². The van der Waals surface area contributed by atoms with Gasteiger partial charge in [-0.15, -0.1) is 0 Å². The van der Waals surface area contributed by atoms with Gasteiger partial charge in [0.25, 0.3) is 5.91 Å². The van der Waals surface area contributed by atoms with Gasteiger partial charge < -0.3 is 9.73 Å². The predicted molar refractivity (Wildman–Crippen MR) is 156 cm³/mol. The summed E-state index contributed by atoms with van der Waals surface area (Å²) in [7, 11) is -3.80. The van der Waals surface area contributed by atoms with Crippen molar-refractivity contribution in [3.8, 4) is 28.7 Å². The van der Waals surface area contributed by atoms with Crippen LogP contribution in [0.2, 0.25) is 0 Å². The molecule has 0 aliphatic carbocycles. The van der Waals surface area contributed by atoms with Crippen LogP contribution in [0, 0.1) is 18.3 Å². The van der Waals surface area contributed by atoms with Crippen molar-refractivity contribution < 1.29 is 17.6 Å². The molecule has 0 fully saturated rings. The zero-order valence-electron chi connectivity index (χ0n) is 21.2. The number of rotatable bonds is 7. The molecule has 1 amide bonds. The van der Waals surface area contributed by atoms with Gasteiger partial charge in [0.2, 0.25) is 10.0 Å². The Bertz CT molecular complexity index is 1860. The van der Waals surface area contributed by atoms with Crippen LogP contribution >= 0.6 is 11.3 Å². The molecule has 0 saturated carbocycles. The number of aryl methyl sites for hydroxylation is 1. The molecule has 0 aliphatic heterocycles. The van der Waals surface area contributed by atoms with Gasteiger partial charge in [-0.2, -0.15) is 5.26 Å². The fraction of sp³-hybridized carbons (Fsp3) is 0.0333. The lowest BCUT2D eigenvalue weighted by Crippen LogP contribution is -2.11. The minimum Gasteiger partial charge on any atom is -0.457 e. The molecule has 40 heavy (non-hydrogen) atoms. The van der Waals surface area contributed by atoms with E-state index in [4.69, 9.17) is 14.5 Å². The Kier molecular flexibility index (Phi) is 7.44. The summed E-state index contributed by atoms with van der Waals surface area (Å²) in [6, 6.07) is 28.2. The maximum absolute atomic E-state index is 13.0. The van der Waals surface area contributed by atoms with Gasteiger partial charge in [0.05, 0.1) is 10.5 Å². The fourth-order valence-corrected chi connectivity index (χ4v) is 5.33. The molecule has 8 nitrogen and oxygen atoms in total. The first-order chi connectivity index (χ1) is 19.2. The first-order valence-electron chi connectivity index (χ1n) is 12.0. The summed E-state index contributed by atoms with van der Waals surface area (Å²) >= 11 is 1.20. The third kappa shape index (κ3) is 5.92. The van der Waals surface area contributed by atoms with E-state index >= 15 is 0 Å². The molecule has 5 aromatic rings. The Balaban J connectivity index is 1.47. The number of benzene rings is 3. The number of carbonyl (C=O) groups excluding carboxylic acids is 1. The highest BCUT2D eigenvalue weighted by Crippen LogP contribution is 2.37. The van der Waals surface area contributed by atoms with Gasteiger partial charge in [-0.05, 0) is 55.5 Å². The summed E-state index contributed by atoms with van der Waals surface area (Å²) in [5.41, 5.74) is 3.81. The number of sulfonamides is 1. The first-order valence-corrected chi connectivity index (χ1v) is 14.4. The average Bonchev–Trinajstić information content (AvgIpc) is 3.59. The van der Waals surface area contributed by atoms with E-state index in [0.29, 0.717) is 38.4 Å². The van der Waals surface area contributed by atoms with Gasteiger partial charge in [-0.25, -0.2) is 18.5 Å². The molecule has 0 saturated heterocycles. The number of nitrogens with zero attached hydrogens (tertiary/aromatic N) is 2. The summed E-state index contributed by atoms with van der Waals surface area (Å²) in [4.78, 5) is 17.7. The quantitative estimate of drug-likeness (QED) is 0.220. The van der Waals surface area contributed by atoms with Gasteiger partial charge in [-0.1, -0.05) is 59.4 Å². The van der Waals surface area contributed by atoms with Gasteiger partial charge in [0.15, 0.2) is 0 Å². The Morgan fingerprint density at radius 3 is 2.33 bits per heavy atom. The lowest BCUT2D eigenvalue weighted by Gasteiger charge is -2.05. The number of hydrogen-bond acceptors (Lipinski definition) is 7. The molecule has 0 atom stereocenters. The van der Waals surface area contributed by atoms with Crippen LogP contribution in [0.3, 0.4) is 0 Å². The smallest absolute Gasteiger partial charge is 0.256 e. The van der Waals surface area contributed by atoms with Crippen LogP contribution in [0.1, 0.15) is 26.7 Å². The van der Waals surface area contributed by atoms with Crippen molar-refractivity contribution in [3.05, 3.63) is 113 Å². The Labute approximate surface area is 235 Å². The molecule has 3 aromatic carbocycles. The van der Waals surface area contributed by atoms with E-state index in [9.17, 15) is 18.5 Å². The number of aromatic nitrogens is 1. The second-order valence-corrected chi connectivity index (χ2v) is 11.4. The fourth-order valence-electron chi connectivity index (χ4n) is 3.87. The zero-order chi connectivity index (χ0) is 28.3. The predicted octanol–water partition coefficient (Wildman–Crippen LogP) is 6.34. The second-order valence-electron chi connectivity index (χ2n) is 8.82. The number of allylic oxidation sites excluding steroid dienone is 1. The largest absolute Gasteiger partial charge is 0.457 e. The normalized spacial score (nSPS) is 11.7. The van der Waals surface area contributed by atoms with Crippen molar-refractivity contribution in [2.75, 3.05) is 5.32 Å². The van der Waals surface area contributed by atoms with E-state index in [2.05, 4.69) is 11.4 Å². The molecule has 2 aromatic heterocycles. The van der Waals surface area contributed by atoms with Crippen molar-refractivity contribution in [1.82, 2.24) is 4.98 Å². The highest BCUT2D eigenvalue weighted by atomic mass is 32.2. The van der Waals surface area contributed by atoms with Gasteiger partial charge in [-0.3, -0.25) is 4.79 Å². The summed E-state index contributed by atoms with van der Waals surface area (Å²) < 4.78 is 28.9. The Morgan fingerprint density at radius 2 is 1.68 bits per heavy atom. The van der Waals surface area contributed by atoms with E-state index in [0.717, 1.165) is 11.1 Å². The van der Waals surface area contributed by atoms with E-state index in [1.54, 1.807) is 42.5 Å². The number of carbonyl (C=O) groups is 1. The van der Waals surface area contributed by atoms with Crippen LogP contribution in [0.5, 0.6) is 0 Å². The third-order valence-corrected chi connectivity index (χ3v) is 7.88. The number of hydrogen-bond donors (Lipinski definition) is 2. The van der Waals surface area contributed by atoms with Crippen LogP contribution in [-0.2, 0) is 10.0 Å². The molecular weight excluding hydrogens is 544 g/mol. The maximum atomic E-state index is 13.0. The molecule has 3 N–H and O–H groups in total. The molecule has 0 radical (unpaired) electrons. The molecule has 2 heterocycles. The standard InChI is InChI=1S/C30H22N4O4S2/c1-19-7-9-22(10-8-19)28(35)34-30-27(21-5-3-2-4-6-21)33-29(39-30)23(18-31)17-24-13-16-26(38-24)20-11-14-25(15-12-20)40(32,36)37/h2-17H,1H3,(H,34,35)(H2,32,36,37). The van der Waals surface area contributed by atoms with Crippen LogP contribution in [0.25, 0.3) is 34.2 Å². The van der Waals surface area contributed by atoms with Gasteiger partial charge >= 0.3 is 0 Å². The summed E-state index contributed by atoms with van der Waals surface area (Å²) in [6.45, 7) is 1.95. The van der Waals surface area contributed by atoms with Crippen LogP contribution in [0.15, 0.2) is 100 Å². The third-order valence-electron chi connectivity index (χ3n) is 5.95. The molecule has 10 heteroatoms. The summed E-state index contributed by atoms with van der Waals surface area (Å²) in [6.07, 6.45) is 1.57. The average molecular weight is 567 g/mol. The molecule has 0 spiro atoms. The molecule has 0 unspecified atom stereocenters. The number of anilines is 1. The Morgan fingerprint density at radius 1 is 0.975 bits per heavy atom. The number of nitrogens with two attached hydrogens (primary N) is 1. The van der Waals surface area contributed by atoms with Crippen molar-refractivity contribution in [3.63, 3.8) is 0 Å². The minimum absolute atomic E-state index is 0.00189. The topological polar surface area (TPSA) is 139 Å². The van der Waals surface area contributed by atoms with Gasteiger partial charge in [0.1, 0.15) is 33.3 Å². The van der Waals surface area contributed by atoms with E-state index < -0.39 is 10.0 Å². The number of thiazole rings is 1. The van der Waals surface area contributed by atoms with Crippen molar-refractivity contribution in [2.24, 2.45) is 5.14 Å². The number of nitriles is 1. The minimum atomic E-state index is -3.80. The summed E-state index contributed by atoms with van der Waals surface area (Å²) in [5.74, 6) is 0.613. The van der Waals surface area contributed by atoms with E-state index in [1.165, 1.54) is 23.5 Å². The Hall–Kier alpha value is -4.82. The van der Waals surface area contributed by atoms with Crippen LogP contribution in [-0.4, -0.2) is 19.3 Å². The molecule has 0 bridgehead atoms. The van der Waals surface area contributed by atoms with Crippen LogP contribution in [0.4, 0.5) is 5.00 Å². The first kappa shape index (κ1) is 26.8. The lowest BCUT2D eigenvalue weighted by atomic mass is 10.1. The SMILES string of the molecule is Cc1ccc(C(=O)Nc2sc(C(C#N)=Cc3ccc(-c4ccc(S(N)(=O)=O)cc4)o3)nc2-c2ccccc2)cc1. The lowest BCUT2D eigenvalue weighted by molar-refractivity contribution is 0.102. The molecule has 198 valence electrons. The number of furan rings is 1. The molecule has 0 aliphatic rings. The number of nitrogens with one attached hydrogen (secondary N) is 1.